The number of ether oxygens (including phenoxy) is 3. The monoisotopic (exact) mass is 311 g/mol. The van der Waals surface area contributed by atoms with E-state index in [2.05, 4.69) is 0 Å². The zero-order valence-electron chi connectivity index (χ0n) is 12.5. The molecule has 1 amide bonds. The molecule has 1 saturated heterocycles. The third kappa shape index (κ3) is 2.90. The van der Waals surface area contributed by atoms with E-state index in [0.717, 1.165) is 11.0 Å². The third-order valence-electron chi connectivity index (χ3n) is 3.05. The number of aliphatic hydroxyl groups is 1. The Bertz CT molecular complexity index is 570. The standard InChI is InChI=1S/C14H17NO7/c1-14(2,3)13(19)21-7-20-12(18)11-8(4-5-16)22-10-6-9(17)15(10)11/h4-5,10,16H,6-7H2,1-3H3/t10-/m1/s1. The van der Waals surface area contributed by atoms with Gasteiger partial charge in [0.2, 0.25) is 12.7 Å². The van der Waals surface area contributed by atoms with Crippen LogP contribution in [0.2, 0.25) is 0 Å². The Hall–Kier alpha value is -2.51. The van der Waals surface area contributed by atoms with E-state index in [1.807, 2.05) is 0 Å². The maximum absolute atomic E-state index is 12.0. The van der Waals surface area contributed by atoms with Gasteiger partial charge in [-0.05, 0) is 20.8 Å². The first kappa shape index (κ1) is 15.9. The minimum Gasteiger partial charge on any atom is -0.515 e. The summed E-state index contributed by atoms with van der Waals surface area (Å²) in [6.45, 7) is 4.43. The van der Waals surface area contributed by atoms with Crippen LogP contribution in [-0.2, 0) is 28.6 Å². The molecule has 0 saturated carbocycles. The minimum absolute atomic E-state index is 0.0329. The van der Waals surface area contributed by atoms with Crippen LogP contribution >= 0.6 is 0 Å². The van der Waals surface area contributed by atoms with Crippen LogP contribution in [0.1, 0.15) is 27.2 Å². The maximum Gasteiger partial charge on any atom is 0.361 e. The number of hydrogen-bond acceptors (Lipinski definition) is 7. The molecule has 2 aliphatic heterocycles. The quantitative estimate of drug-likeness (QED) is 0.357. The van der Waals surface area contributed by atoms with Gasteiger partial charge in [0, 0.05) is 6.08 Å². The number of β-lactam (4-membered cyclic amide) rings is 1. The zero-order chi connectivity index (χ0) is 16.5. The maximum atomic E-state index is 12.0. The Labute approximate surface area is 126 Å². The van der Waals surface area contributed by atoms with Gasteiger partial charge in [-0.25, -0.2) is 4.79 Å². The molecule has 8 heteroatoms. The number of carbonyl (C=O) groups excluding carboxylic acids is 3. The van der Waals surface area contributed by atoms with Crippen LogP contribution in [-0.4, -0.2) is 40.9 Å². The van der Waals surface area contributed by atoms with Crippen molar-refractivity contribution in [3.05, 3.63) is 23.8 Å². The molecular weight excluding hydrogens is 294 g/mol. The molecule has 0 aromatic heterocycles. The van der Waals surface area contributed by atoms with Crippen molar-refractivity contribution in [2.24, 2.45) is 5.41 Å². The molecule has 0 bridgehead atoms. The molecule has 1 fully saturated rings. The first-order chi connectivity index (χ1) is 10.3. The molecule has 120 valence electrons. The molecule has 8 nitrogen and oxygen atoms in total. The lowest BCUT2D eigenvalue weighted by Crippen LogP contribution is -2.50. The van der Waals surface area contributed by atoms with Crippen LogP contribution in [0, 0.1) is 5.41 Å². The van der Waals surface area contributed by atoms with Crippen LogP contribution < -0.4 is 0 Å². The molecule has 2 rings (SSSR count). The topological polar surface area (TPSA) is 102 Å². The van der Waals surface area contributed by atoms with Gasteiger partial charge in [-0.2, -0.15) is 0 Å². The van der Waals surface area contributed by atoms with Gasteiger partial charge in [0.15, 0.2) is 17.7 Å². The van der Waals surface area contributed by atoms with Gasteiger partial charge in [-0.1, -0.05) is 0 Å². The Balaban J connectivity index is 2.00. The van der Waals surface area contributed by atoms with Crippen molar-refractivity contribution in [2.75, 3.05) is 6.79 Å². The van der Waals surface area contributed by atoms with Crippen molar-refractivity contribution < 1.29 is 33.7 Å². The van der Waals surface area contributed by atoms with E-state index in [9.17, 15) is 14.4 Å². The predicted molar refractivity (Wildman–Crippen MR) is 71.6 cm³/mol. The lowest BCUT2D eigenvalue weighted by Gasteiger charge is -2.33. The number of fused-ring (bicyclic) bond motifs is 1. The Morgan fingerprint density at radius 1 is 1.41 bits per heavy atom. The number of hydrogen-bond donors (Lipinski definition) is 1. The molecule has 0 aliphatic carbocycles. The molecule has 0 aromatic rings. The molecule has 0 unspecified atom stereocenters. The highest BCUT2D eigenvalue weighted by Gasteiger charge is 2.49. The summed E-state index contributed by atoms with van der Waals surface area (Å²) in [6.07, 6.45) is 1.43. The van der Waals surface area contributed by atoms with Crippen LogP contribution in [0.15, 0.2) is 23.8 Å². The van der Waals surface area contributed by atoms with Gasteiger partial charge < -0.3 is 19.3 Å². The summed E-state index contributed by atoms with van der Waals surface area (Å²) in [6, 6.07) is 0. The van der Waals surface area contributed by atoms with Gasteiger partial charge in [-0.3, -0.25) is 14.5 Å². The average Bonchev–Trinajstić information content (AvgIpc) is 2.70. The minimum atomic E-state index is -0.870. The number of esters is 2. The Kier molecular flexibility index (Phi) is 4.11. The van der Waals surface area contributed by atoms with E-state index in [-0.39, 0.29) is 23.8 Å². The number of carbonyl (C=O) groups is 3. The molecule has 0 radical (unpaired) electrons. The normalized spacial score (nSPS) is 20.6. The van der Waals surface area contributed by atoms with Crippen LogP contribution in [0.5, 0.6) is 0 Å². The lowest BCUT2D eigenvalue weighted by atomic mass is 9.98. The molecule has 22 heavy (non-hydrogen) atoms. The van der Waals surface area contributed by atoms with Crippen LogP contribution in [0.3, 0.4) is 0 Å². The summed E-state index contributed by atoms with van der Waals surface area (Å²) in [5.74, 6) is -1.65. The first-order valence-electron chi connectivity index (χ1n) is 6.64. The molecule has 2 heterocycles. The van der Waals surface area contributed by atoms with E-state index in [1.165, 1.54) is 0 Å². The second-order valence-electron chi connectivity index (χ2n) is 5.80. The highest BCUT2D eigenvalue weighted by Crippen LogP contribution is 2.36. The lowest BCUT2D eigenvalue weighted by molar-refractivity contribution is -0.174. The smallest absolute Gasteiger partial charge is 0.361 e. The fourth-order valence-corrected chi connectivity index (χ4v) is 1.88. The average molecular weight is 311 g/mol. The summed E-state index contributed by atoms with van der Waals surface area (Å²) in [5, 5.41) is 8.80. The number of allylic oxidation sites excluding steroid dienone is 1. The number of rotatable bonds is 4. The largest absolute Gasteiger partial charge is 0.515 e. The van der Waals surface area contributed by atoms with Gasteiger partial charge in [0.05, 0.1) is 18.1 Å². The SMILES string of the molecule is CC(C)(C)C(=O)OCOC(=O)C1=C(C=CO)O[C@@H]2CC(=O)N12. The van der Waals surface area contributed by atoms with Crippen molar-refractivity contribution in [3.63, 3.8) is 0 Å². The molecule has 2 aliphatic rings. The second-order valence-corrected chi connectivity index (χ2v) is 5.80. The van der Waals surface area contributed by atoms with E-state index in [1.54, 1.807) is 20.8 Å². The highest BCUT2D eigenvalue weighted by molar-refractivity contribution is 5.98. The highest BCUT2D eigenvalue weighted by atomic mass is 16.7. The molecule has 1 atom stereocenters. The second kappa shape index (κ2) is 5.70. The van der Waals surface area contributed by atoms with Crippen LogP contribution in [0.25, 0.3) is 0 Å². The van der Waals surface area contributed by atoms with Crippen molar-refractivity contribution in [2.45, 2.75) is 33.4 Å². The summed E-state index contributed by atoms with van der Waals surface area (Å²) in [5.41, 5.74) is -0.829. The van der Waals surface area contributed by atoms with Crippen LogP contribution in [0.4, 0.5) is 0 Å². The van der Waals surface area contributed by atoms with Crippen molar-refractivity contribution in [1.29, 1.82) is 0 Å². The fourth-order valence-electron chi connectivity index (χ4n) is 1.88. The van der Waals surface area contributed by atoms with E-state index >= 15 is 0 Å². The number of amides is 1. The summed E-state index contributed by atoms with van der Waals surface area (Å²) < 4.78 is 15.0. The van der Waals surface area contributed by atoms with Gasteiger partial charge >= 0.3 is 11.9 Å². The molecule has 1 N–H and O–H groups in total. The number of nitrogens with zero attached hydrogens (tertiary/aromatic N) is 1. The van der Waals surface area contributed by atoms with Gasteiger partial charge in [-0.15, -0.1) is 0 Å². The van der Waals surface area contributed by atoms with Gasteiger partial charge in [0.1, 0.15) is 0 Å². The van der Waals surface area contributed by atoms with Gasteiger partial charge in [0.25, 0.3) is 0 Å². The molecule has 0 aromatic carbocycles. The molecule has 0 spiro atoms. The summed E-state index contributed by atoms with van der Waals surface area (Å²) in [7, 11) is 0. The third-order valence-corrected chi connectivity index (χ3v) is 3.05. The Morgan fingerprint density at radius 2 is 2.09 bits per heavy atom. The van der Waals surface area contributed by atoms with Crippen molar-refractivity contribution >= 4 is 17.8 Å². The summed E-state index contributed by atoms with van der Waals surface area (Å²) in [4.78, 5) is 36.3. The first-order valence-corrected chi connectivity index (χ1v) is 6.64. The Morgan fingerprint density at radius 3 is 2.64 bits per heavy atom. The molecular formula is C14H17NO7. The van der Waals surface area contributed by atoms with E-state index in [4.69, 9.17) is 19.3 Å². The zero-order valence-corrected chi connectivity index (χ0v) is 12.5. The summed E-state index contributed by atoms with van der Waals surface area (Å²) >= 11 is 0. The number of aliphatic hydroxyl groups excluding tert-OH is 1. The van der Waals surface area contributed by atoms with Crippen molar-refractivity contribution in [3.8, 4) is 0 Å². The predicted octanol–water partition coefficient (Wildman–Crippen LogP) is 0.948. The fraction of sp³-hybridized carbons (Fsp3) is 0.500. The van der Waals surface area contributed by atoms with Crippen molar-refractivity contribution in [1.82, 2.24) is 4.90 Å². The van der Waals surface area contributed by atoms with E-state index < -0.39 is 30.4 Å². The van der Waals surface area contributed by atoms with E-state index in [0.29, 0.717) is 6.26 Å².